The van der Waals surface area contributed by atoms with Crippen molar-refractivity contribution in [2.45, 2.75) is 34.2 Å². The van der Waals surface area contributed by atoms with Crippen LogP contribution in [0.1, 0.15) is 29.7 Å². The Morgan fingerprint density at radius 3 is 2.28 bits per heavy atom. The summed E-state index contributed by atoms with van der Waals surface area (Å²) >= 11 is 0. The van der Waals surface area contributed by atoms with Crippen LogP contribution in [0.3, 0.4) is 0 Å². The quantitative estimate of drug-likeness (QED) is 0.526. The van der Waals surface area contributed by atoms with Crippen molar-refractivity contribution in [2.24, 2.45) is 0 Å². The highest BCUT2D eigenvalue weighted by Crippen LogP contribution is 2.35. The fraction of sp³-hybridized carbons (Fsp3) is 0.238. The van der Waals surface area contributed by atoms with Crippen molar-refractivity contribution < 1.29 is 0 Å². The van der Waals surface area contributed by atoms with Gasteiger partial charge in [0.15, 0.2) is 0 Å². The fourth-order valence-corrected chi connectivity index (χ4v) is 3.04. The van der Waals surface area contributed by atoms with Crippen molar-refractivity contribution >= 4 is 0 Å². The molecule has 0 amide bonds. The highest BCUT2D eigenvalue weighted by molar-refractivity contribution is 5.80. The second kappa shape index (κ2) is 6.45. The molecule has 2 heterocycles. The molecule has 0 aromatic carbocycles. The van der Waals surface area contributed by atoms with Gasteiger partial charge in [-0.05, 0) is 56.4 Å². The van der Waals surface area contributed by atoms with E-state index < -0.39 is 0 Å². The Balaban J connectivity index is 0.000000213. The Kier molecular flexibility index (Phi) is 4.33. The van der Waals surface area contributed by atoms with Crippen LogP contribution in [0.2, 0.25) is 0 Å². The summed E-state index contributed by atoms with van der Waals surface area (Å²) in [5.74, 6) is 3.33. The first-order valence-electron chi connectivity index (χ1n) is 8.30. The van der Waals surface area contributed by atoms with Crippen LogP contribution in [-0.2, 0) is 6.54 Å². The number of benzene rings is 1. The predicted octanol–water partition coefficient (Wildman–Crippen LogP) is 3.63. The van der Waals surface area contributed by atoms with E-state index in [1.807, 2.05) is 31.4 Å². The van der Waals surface area contributed by atoms with Gasteiger partial charge >= 0.3 is 0 Å². The molecule has 4 nitrogen and oxygen atoms in total. The van der Waals surface area contributed by atoms with E-state index in [1.165, 1.54) is 16.7 Å². The Bertz CT molecular complexity index is 1050. The third-order valence-electron chi connectivity index (χ3n) is 4.53. The van der Waals surface area contributed by atoms with Crippen molar-refractivity contribution in [1.82, 2.24) is 14.1 Å². The van der Waals surface area contributed by atoms with Crippen molar-refractivity contribution in [3.8, 4) is 29.2 Å². The van der Waals surface area contributed by atoms with Gasteiger partial charge in [0.2, 0.25) is 0 Å². The van der Waals surface area contributed by atoms with E-state index in [1.54, 1.807) is 16.8 Å². The Hall–Kier alpha value is -3.06. The normalized spacial score (nSPS) is 10.7. The van der Waals surface area contributed by atoms with Crippen LogP contribution < -0.4 is 5.56 Å². The maximum atomic E-state index is 11.8. The maximum absolute atomic E-state index is 11.8. The molecule has 0 bridgehead atoms. The molecular formula is C21H21N3O. The smallest absolute Gasteiger partial charge is 0.252 e. The largest absolute Gasteiger partial charge is 0.316 e. The molecule has 2 aliphatic rings. The minimum Gasteiger partial charge on any atom is -0.316 e. The zero-order valence-corrected chi connectivity index (χ0v) is 15.0. The van der Waals surface area contributed by atoms with Gasteiger partial charge in [0, 0.05) is 18.8 Å². The number of aryl methyl sites for hydroxylation is 3. The first-order valence-corrected chi connectivity index (χ1v) is 8.30. The summed E-state index contributed by atoms with van der Waals surface area (Å²) in [5, 5.41) is 0. The summed E-state index contributed by atoms with van der Waals surface area (Å²) in [6, 6.07) is 10.0. The van der Waals surface area contributed by atoms with Crippen molar-refractivity contribution in [3.63, 3.8) is 0 Å². The standard InChI is InChI=1S/C14H15N3O.C7H6/c1-5-13-10(3)17(11(4)15-13)12-7-8-16(6-2)14(18)9-12;1-5-4-6-2-3-7(5)6/h1,7-9H,6H2,2-4H3;2-4H,1H3. The van der Waals surface area contributed by atoms with Crippen LogP contribution in [-0.4, -0.2) is 14.1 Å². The van der Waals surface area contributed by atoms with Gasteiger partial charge in [-0.25, -0.2) is 4.98 Å². The summed E-state index contributed by atoms with van der Waals surface area (Å²) < 4.78 is 3.55. The molecule has 4 rings (SSSR count). The zero-order chi connectivity index (χ0) is 18.1. The summed E-state index contributed by atoms with van der Waals surface area (Å²) in [6.45, 7) is 8.52. The van der Waals surface area contributed by atoms with E-state index in [9.17, 15) is 4.79 Å². The van der Waals surface area contributed by atoms with Crippen LogP contribution in [0, 0.1) is 33.1 Å². The lowest BCUT2D eigenvalue weighted by molar-refractivity contribution is 0.723. The molecule has 0 saturated carbocycles. The molecule has 0 saturated heterocycles. The van der Waals surface area contributed by atoms with E-state index in [4.69, 9.17) is 6.42 Å². The molecule has 0 radical (unpaired) electrons. The summed E-state index contributed by atoms with van der Waals surface area (Å²) in [7, 11) is 0. The van der Waals surface area contributed by atoms with E-state index >= 15 is 0 Å². The molecule has 2 aliphatic carbocycles. The van der Waals surface area contributed by atoms with Gasteiger partial charge < -0.3 is 4.57 Å². The van der Waals surface area contributed by atoms with Crippen LogP contribution in [0.4, 0.5) is 0 Å². The van der Waals surface area contributed by atoms with Gasteiger partial charge in [-0.15, -0.1) is 6.42 Å². The molecule has 0 N–H and O–H groups in total. The fourth-order valence-electron chi connectivity index (χ4n) is 3.04. The lowest BCUT2D eigenvalue weighted by Crippen LogP contribution is -2.18. The molecule has 0 unspecified atom stereocenters. The molecule has 126 valence electrons. The minimum absolute atomic E-state index is 0.0234. The highest BCUT2D eigenvalue weighted by atomic mass is 16.1. The van der Waals surface area contributed by atoms with Crippen molar-refractivity contribution in [3.05, 3.63) is 69.7 Å². The van der Waals surface area contributed by atoms with Crippen molar-refractivity contribution in [2.75, 3.05) is 0 Å². The number of nitrogens with zero attached hydrogens (tertiary/aromatic N) is 3. The number of terminal acetylenes is 1. The van der Waals surface area contributed by atoms with Crippen LogP contribution in [0.5, 0.6) is 0 Å². The molecule has 0 aliphatic heterocycles. The van der Waals surface area contributed by atoms with Crippen LogP contribution in [0.25, 0.3) is 16.8 Å². The number of fused-ring (bicyclic) bond motifs is 1. The number of hydrogen-bond acceptors (Lipinski definition) is 2. The van der Waals surface area contributed by atoms with Gasteiger partial charge in [0.1, 0.15) is 11.5 Å². The van der Waals surface area contributed by atoms with Gasteiger partial charge in [-0.3, -0.25) is 9.36 Å². The first kappa shape index (κ1) is 16.8. The van der Waals surface area contributed by atoms with Crippen LogP contribution >= 0.6 is 0 Å². The van der Waals surface area contributed by atoms with Gasteiger partial charge in [-0.1, -0.05) is 18.2 Å². The summed E-state index contributed by atoms with van der Waals surface area (Å²) in [6.07, 6.45) is 7.18. The average Bonchev–Trinajstić information content (AvgIpc) is 2.86. The first-order chi connectivity index (χ1) is 12.0. The third kappa shape index (κ3) is 2.89. The Labute approximate surface area is 147 Å². The second-order valence-electron chi connectivity index (χ2n) is 6.11. The molecule has 0 spiro atoms. The number of aromatic nitrogens is 3. The van der Waals surface area contributed by atoms with E-state index in [0.717, 1.165) is 17.2 Å². The zero-order valence-electron chi connectivity index (χ0n) is 15.0. The summed E-state index contributed by atoms with van der Waals surface area (Å²) in [5.41, 5.74) is 6.63. The lowest BCUT2D eigenvalue weighted by Gasteiger charge is -2.17. The molecule has 0 atom stereocenters. The third-order valence-corrected chi connectivity index (χ3v) is 4.53. The molecule has 2 aromatic heterocycles. The Morgan fingerprint density at radius 1 is 1.16 bits per heavy atom. The van der Waals surface area contributed by atoms with Gasteiger partial charge in [0.25, 0.3) is 5.56 Å². The molecule has 0 fully saturated rings. The van der Waals surface area contributed by atoms with Gasteiger partial charge in [0.05, 0.1) is 11.4 Å². The Morgan fingerprint density at radius 2 is 1.92 bits per heavy atom. The number of rotatable bonds is 2. The topological polar surface area (TPSA) is 39.8 Å². The van der Waals surface area contributed by atoms with Gasteiger partial charge in [-0.2, -0.15) is 0 Å². The minimum atomic E-state index is -0.0234. The SMILES string of the molecule is C#Cc1nc(C)n(-c2ccn(CC)c(=O)c2)c1C.Cc1cc2ccc1-2. The average molecular weight is 331 g/mol. The van der Waals surface area contributed by atoms with Crippen LogP contribution in [0.15, 0.2) is 41.3 Å². The predicted molar refractivity (Wildman–Crippen MR) is 101 cm³/mol. The second-order valence-corrected chi connectivity index (χ2v) is 6.11. The molecule has 2 aromatic rings. The molecular weight excluding hydrogens is 310 g/mol. The van der Waals surface area contributed by atoms with E-state index in [0.29, 0.717) is 12.2 Å². The molecule has 25 heavy (non-hydrogen) atoms. The van der Waals surface area contributed by atoms with E-state index in [-0.39, 0.29) is 5.56 Å². The van der Waals surface area contributed by atoms with E-state index in [2.05, 4.69) is 36.0 Å². The number of hydrogen-bond donors (Lipinski definition) is 0. The lowest BCUT2D eigenvalue weighted by atomic mass is 9.88. The van der Waals surface area contributed by atoms with Crippen molar-refractivity contribution in [1.29, 1.82) is 0 Å². The monoisotopic (exact) mass is 331 g/mol. The number of pyridine rings is 1. The highest BCUT2D eigenvalue weighted by Gasteiger charge is 2.12. The number of imidazole rings is 1. The summed E-state index contributed by atoms with van der Waals surface area (Å²) in [4.78, 5) is 16.1. The molecule has 4 heteroatoms. The maximum Gasteiger partial charge on any atom is 0.252 e.